The van der Waals surface area contributed by atoms with Crippen LogP contribution in [0.3, 0.4) is 0 Å². The highest BCUT2D eigenvalue weighted by Gasteiger charge is 2.21. The molecule has 0 aromatic heterocycles. The Morgan fingerprint density at radius 1 is 1.48 bits per heavy atom. The van der Waals surface area contributed by atoms with E-state index in [1.54, 1.807) is 0 Å². The van der Waals surface area contributed by atoms with E-state index in [2.05, 4.69) is 4.99 Å². The fraction of sp³-hybridized carbons (Fsp3) is 0.294. The van der Waals surface area contributed by atoms with E-state index in [4.69, 9.17) is 16.3 Å². The third kappa shape index (κ3) is 2.54. The minimum atomic E-state index is -0.284. The van der Waals surface area contributed by atoms with Gasteiger partial charge in [0.1, 0.15) is 0 Å². The average molecular weight is 302 g/mol. The number of carbonyl (C=O) groups excluding carboxylic acids is 1. The molecule has 0 amide bonds. The maximum Gasteiger partial charge on any atom is 0.313 e. The van der Waals surface area contributed by atoms with Crippen molar-refractivity contribution in [2.24, 2.45) is 4.99 Å². The van der Waals surface area contributed by atoms with Gasteiger partial charge in [-0.2, -0.15) is 0 Å². The van der Waals surface area contributed by atoms with Crippen LogP contribution in [0, 0.1) is 0 Å². The quantitative estimate of drug-likeness (QED) is 0.803. The summed E-state index contributed by atoms with van der Waals surface area (Å²) in [4.78, 5) is 16.5. The first-order chi connectivity index (χ1) is 10.1. The number of esters is 1. The van der Waals surface area contributed by atoms with Gasteiger partial charge in [0.05, 0.1) is 23.9 Å². The Morgan fingerprint density at radius 3 is 3.05 bits per heavy atom. The Bertz CT molecular complexity index is 776. The van der Waals surface area contributed by atoms with Crippen molar-refractivity contribution in [1.29, 1.82) is 0 Å². The lowest BCUT2D eigenvalue weighted by atomic mass is 9.98. The molecule has 21 heavy (non-hydrogen) atoms. The number of carbonyl (C=O) groups is 1. The second kappa shape index (κ2) is 5.49. The van der Waals surface area contributed by atoms with Gasteiger partial charge in [-0.25, -0.2) is 0 Å². The van der Waals surface area contributed by atoms with E-state index in [9.17, 15) is 4.79 Å². The van der Waals surface area contributed by atoms with E-state index in [-0.39, 0.29) is 17.9 Å². The van der Waals surface area contributed by atoms with Crippen LogP contribution in [0.5, 0.6) is 0 Å². The van der Waals surface area contributed by atoms with Crippen LogP contribution in [0.2, 0.25) is 0 Å². The maximum absolute atomic E-state index is 11.8. The third-order valence-corrected chi connectivity index (χ3v) is 4.04. The topological polar surface area (TPSA) is 38.7 Å². The lowest BCUT2D eigenvalue weighted by Crippen LogP contribution is -2.25. The Kier molecular flexibility index (Phi) is 3.68. The number of hydrogen-bond donors (Lipinski definition) is 0. The van der Waals surface area contributed by atoms with Crippen molar-refractivity contribution in [2.75, 3.05) is 6.61 Å². The first-order valence-corrected chi connectivity index (χ1v) is 7.42. The number of nitrogens with zero attached hydrogens (tertiary/aromatic N) is 1. The first kappa shape index (κ1) is 14.1. The second-order valence-electron chi connectivity index (χ2n) is 5.17. The molecule has 4 heteroatoms. The van der Waals surface area contributed by atoms with Gasteiger partial charge < -0.3 is 4.74 Å². The first-order valence-electron chi connectivity index (χ1n) is 7.04. The molecule has 1 heterocycles. The number of allylic oxidation sites excluding steroid dienone is 2. The Hall–Kier alpha value is -1.87. The smallest absolute Gasteiger partial charge is 0.313 e. The van der Waals surface area contributed by atoms with Gasteiger partial charge >= 0.3 is 5.97 Å². The van der Waals surface area contributed by atoms with Crippen LogP contribution in [0.15, 0.2) is 46.5 Å². The number of halogens is 1. The zero-order valence-electron chi connectivity index (χ0n) is 12.0. The Labute approximate surface area is 128 Å². The van der Waals surface area contributed by atoms with Gasteiger partial charge in [0.2, 0.25) is 0 Å². The maximum atomic E-state index is 11.8. The molecule has 2 atom stereocenters. The SMILES string of the molecule is CCOC(=O)[C@H](C)c1ccc2c(c1)=N[C@H]1C=CC(Cl)=CC=21. The van der Waals surface area contributed by atoms with E-state index in [0.717, 1.165) is 21.7 Å². The number of rotatable bonds is 3. The molecule has 108 valence electrons. The molecule has 0 saturated heterocycles. The summed E-state index contributed by atoms with van der Waals surface area (Å²) in [6.07, 6.45) is 5.81. The van der Waals surface area contributed by atoms with Gasteiger partial charge in [-0.3, -0.25) is 9.79 Å². The molecule has 0 N–H and O–H groups in total. The molecule has 0 unspecified atom stereocenters. The number of benzene rings is 1. The summed E-state index contributed by atoms with van der Waals surface area (Å²) in [7, 11) is 0. The highest BCUT2D eigenvalue weighted by molar-refractivity contribution is 6.32. The van der Waals surface area contributed by atoms with Crippen LogP contribution in [0.25, 0.3) is 5.57 Å². The molecule has 1 aliphatic carbocycles. The molecule has 0 fully saturated rings. The molecule has 3 rings (SSSR count). The number of ether oxygens (including phenoxy) is 1. The van der Waals surface area contributed by atoms with E-state index in [1.807, 2.05) is 50.3 Å². The minimum Gasteiger partial charge on any atom is -0.466 e. The van der Waals surface area contributed by atoms with Crippen molar-refractivity contribution in [1.82, 2.24) is 0 Å². The van der Waals surface area contributed by atoms with Gasteiger partial charge in [-0.05, 0) is 43.2 Å². The van der Waals surface area contributed by atoms with E-state index in [1.165, 1.54) is 0 Å². The average Bonchev–Trinajstić information content (AvgIpc) is 2.83. The molecular formula is C17H16ClNO2. The molecule has 1 aliphatic heterocycles. The van der Waals surface area contributed by atoms with Gasteiger partial charge in [0, 0.05) is 10.3 Å². The summed E-state index contributed by atoms with van der Waals surface area (Å²) in [6.45, 7) is 4.06. The zero-order valence-corrected chi connectivity index (χ0v) is 12.7. The van der Waals surface area contributed by atoms with E-state index >= 15 is 0 Å². The van der Waals surface area contributed by atoms with Crippen molar-refractivity contribution in [3.05, 3.63) is 57.6 Å². The van der Waals surface area contributed by atoms with Gasteiger partial charge in [0.25, 0.3) is 0 Å². The zero-order chi connectivity index (χ0) is 15.0. The summed E-state index contributed by atoms with van der Waals surface area (Å²) in [6, 6.07) is 5.98. The predicted octanol–water partition coefficient (Wildman–Crippen LogP) is 2.20. The lowest BCUT2D eigenvalue weighted by Gasteiger charge is -2.10. The van der Waals surface area contributed by atoms with Crippen LogP contribution < -0.4 is 10.6 Å². The molecule has 0 radical (unpaired) electrons. The highest BCUT2D eigenvalue weighted by Crippen LogP contribution is 2.23. The van der Waals surface area contributed by atoms with Gasteiger partial charge in [-0.15, -0.1) is 0 Å². The predicted molar refractivity (Wildman–Crippen MR) is 82.5 cm³/mol. The largest absolute Gasteiger partial charge is 0.466 e. The van der Waals surface area contributed by atoms with Gasteiger partial charge in [-0.1, -0.05) is 29.8 Å². The standard InChI is InChI=1S/C17H16ClNO2/c1-3-21-17(20)10(2)11-4-6-13-14-9-12(18)5-7-15(14)19-16(13)8-11/h4-10,15H,3H2,1-2H3/t10-,15+/m1/s1. The molecule has 1 aromatic rings. The minimum absolute atomic E-state index is 0.0376. The fourth-order valence-corrected chi connectivity index (χ4v) is 2.83. The summed E-state index contributed by atoms with van der Waals surface area (Å²) in [5.41, 5.74) is 2.04. The summed E-state index contributed by atoms with van der Waals surface area (Å²) >= 11 is 6.06. The number of fused-ring (bicyclic) bond motifs is 2. The van der Waals surface area contributed by atoms with E-state index < -0.39 is 0 Å². The molecule has 2 aliphatic rings. The summed E-state index contributed by atoms with van der Waals surface area (Å²) in [5, 5.41) is 2.71. The second-order valence-corrected chi connectivity index (χ2v) is 5.60. The lowest BCUT2D eigenvalue weighted by molar-refractivity contribution is -0.144. The van der Waals surface area contributed by atoms with E-state index in [0.29, 0.717) is 11.6 Å². The third-order valence-electron chi connectivity index (χ3n) is 3.80. The van der Waals surface area contributed by atoms with Crippen LogP contribution in [0.1, 0.15) is 25.3 Å². The molecule has 0 saturated carbocycles. The van der Waals surface area contributed by atoms with Crippen molar-refractivity contribution in [3.8, 4) is 0 Å². The fourth-order valence-electron chi connectivity index (χ4n) is 2.64. The molecular weight excluding hydrogens is 286 g/mol. The Morgan fingerprint density at radius 2 is 2.29 bits per heavy atom. The Balaban J connectivity index is 2.03. The molecule has 0 spiro atoms. The van der Waals surface area contributed by atoms with Crippen molar-refractivity contribution in [2.45, 2.75) is 25.8 Å². The van der Waals surface area contributed by atoms with Crippen molar-refractivity contribution in [3.63, 3.8) is 0 Å². The van der Waals surface area contributed by atoms with Crippen LogP contribution in [-0.2, 0) is 9.53 Å². The van der Waals surface area contributed by atoms with Crippen LogP contribution in [-0.4, -0.2) is 18.6 Å². The summed E-state index contributed by atoms with van der Waals surface area (Å²) in [5.74, 6) is -0.490. The number of hydrogen-bond acceptors (Lipinski definition) is 3. The van der Waals surface area contributed by atoms with Crippen molar-refractivity contribution < 1.29 is 9.53 Å². The molecule has 0 bridgehead atoms. The van der Waals surface area contributed by atoms with Crippen molar-refractivity contribution >= 4 is 23.1 Å². The summed E-state index contributed by atoms with van der Waals surface area (Å²) < 4.78 is 5.07. The molecule has 1 aromatic carbocycles. The van der Waals surface area contributed by atoms with Gasteiger partial charge in [0.15, 0.2) is 0 Å². The van der Waals surface area contributed by atoms with Crippen LogP contribution >= 0.6 is 11.6 Å². The monoisotopic (exact) mass is 301 g/mol. The van der Waals surface area contributed by atoms with Crippen LogP contribution in [0.4, 0.5) is 0 Å². The highest BCUT2D eigenvalue weighted by atomic mass is 35.5. The molecule has 3 nitrogen and oxygen atoms in total. The normalized spacial score (nSPS) is 20.2.